The smallest absolute Gasteiger partial charge is 0.260 e. The Balaban J connectivity index is 1.69. The molecule has 0 aliphatic rings. The van der Waals surface area contributed by atoms with Gasteiger partial charge in [0.05, 0.1) is 19.6 Å². The summed E-state index contributed by atoms with van der Waals surface area (Å²) >= 11 is 1.58. The zero-order chi connectivity index (χ0) is 15.4. The van der Waals surface area contributed by atoms with Crippen LogP contribution in [-0.2, 0) is 17.8 Å². The van der Waals surface area contributed by atoms with Crippen LogP contribution in [0.3, 0.4) is 0 Å². The van der Waals surface area contributed by atoms with Gasteiger partial charge in [-0.15, -0.1) is 10.2 Å². The van der Waals surface area contributed by atoms with Gasteiger partial charge in [0.15, 0.2) is 5.82 Å². The number of hydrogen-bond donors (Lipinski definition) is 1. The average molecular weight is 317 g/mol. The van der Waals surface area contributed by atoms with Gasteiger partial charge in [-0.05, 0) is 29.3 Å². The van der Waals surface area contributed by atoms with Crippen molar-refractivity contribution in [1.29, 1.82) is 0 Å². The van der Waals surface area contributed by atoms with Crippen LogP contribution in [-0.4, -0.2) is 32.1 Å². The van der Waals surface area contributed by atoms with E-state index < -0.39 is 0 Å². The third-order valence-corrected chi connectivity index (χ3v) is 3.77. The second kappa shape index (κ2) is 6.52. The molecule has 1 N–H and O–H groups in total. The molecule has 0 saturated heterocycles. The van der Waals surface area contributed by atoms with Crippen molar-refractivity contribution in [1.82, 2.24) is 24.9 Å². The highest BCUT2D eigenvalue weighted by molar-refractivity contribution is 7.07. The van der Waals surface area contributed by atoms with Gasteiger partial charge in [0.2, 0.25) is 11.6 Å². The second-order valence-electron chi connectivity index (χ2n) is 4.56. The minimum Gasteiger partial charge on any atom is -0.475 e. The molecule has 0 aromatic carbocycles. The number of carbonyl (C=O) groups is 1. The van der Waals surface area contributed by atoms with Crippen LogP contribution < -0.4 is 10.1 Å². The molecule has 0 unspecified atom stereocenters. The number of aromatic nitrogens is 4. The average Bonchev–Trinajstić information content (AvgIpc) is 3.15. The number of hydrogen-bond acceptors (Lipinski definition) is 6. The van der Waals surface area contributed by atoms with E-state index in [0.717, 1.165) is 5.56 Å². The van der Waals surface area contributed by atoms with Crippen molar-refractivity contribution in [3.63, 3.8) is 0 Å². The molecule has 114 valence electrons. The molecule has 1 amide bonds. The molecule has 3 rings (SSSR count). The molecule has 0 spiro atoms. The van der Waals surface area contributed by atoms with E-state index in [-0.39, 0.29) is 5.91 Å². The van der Waals surface area contributed by atoms with E-state index in [1.807, 2.05) is 23.8 Å². The summed E-state index contributed by atoms with van der Waals surface area (Å²) in [5.74, 6) is 1.03. The molecule has 0 atom stereocenters. The molecular formula is C14H15N5O2S. The normalized spacial score (nSPS) is 10.8. The molecule has 0 saturated carbocycles. The van der Waals surface area contributed by atoms with Gasteiger partial charge >= 0.3 is 0 Å². The van der Waals surface area contributed by atoms with E-state index in [1.54, 1.807) is 28.1 Å². The van der Waals surface area contributed by atoms with Crippen LogP contribution in [0.1, 0.15) is 18.3 Å². The Morgan fingerprint density at radius 1 is 1.45 bits per heavy atom. The number of ether oxygens (including phenoxy) is 1. The molecule has 3 heterocycles. The van der Waals surface area contributed by atoms with Crippen molar-refractivity contribution in [2.24, 2.45) is 0 Å². The summed E-state index contributed by atoms with van der Waals surface area (Å²) in [6.45, 7) is 2.69. The lowest BCUT2D eigenvalue weighted by Crippen LogP contribution is -2.25. The third kappa shape index (κ3) is 3.06. The number of nitrogens with one attached hydrogen (secondary N) is 1. The fraction of sp³-hybridized carbons (Fsp3) is 0.286. The molecule has 3 aromatic rings. The Morgan fingerprint density at radius 2 is 2.36 bits per heavy atom. The van der Waals surface area contributed by atoms with Gasteiger partial charge in [-0.3, -0.25) is 9.20 Å². The number of carbonyl (C=O) groups excluding carboxylic acids is 1. The van der Waals surface area contributed by atoms with Gasteiger partial charge in [0.1, 0.15) is 0 Å². The van der Waals surface area contributed by atoms with Crippen molar-refractivity contribution in [3.8, 4) is 5.88 Å². The van der Waals surface area contributed by atoms with Crippen molar-refractivity contribution >= 4 is 22.9 Å². The molecule has 7 nitrogen and oxygen atoms in total. The second-order valence-corrected chi connectivity index (χ2v) is 5.34. The summed E-state index contributed by atoms with van der Waals surface area (Å²) < 4.78 is 7.17. The fourth-order valence-electron chi connectivity index (χ4n) is 2.03. The number of rotatable bonds is 6. The highest BCUT2D eigenvalue weighted by atomic mass is 32.1. The van der Waals surface area contributed by atoms with Crippen molar-refractivity contribution in [3.05, 3.63) is 40.6 Å². The molecule has 8 heteroatoms. The Morgan fingerprint density at radius 3 is 3.14 bits per heavy atom. The molecule has 22 heavy (non-hydrogen) atoms. The first kappa shape index (κ1) is 14.5. The first-order chi connectivity index (χ1) is 10.8. The maximum Gasteiger partial charge on any atom is 0.260 e. The number of amides is 1. The number of fused-ring (bicyclic) bond motifs is 1. The van der Waals surface area contributed by atoms with Gasteiger partial charge in [0, 0.05) is 12.4 Å². The standard InChI is InChI=1S/C14H15N5O2S/c1-2-21-14-13-18-17-11(19(13)5-4-15-14)8-16-12(20)7-10-3-6-22-9-10/h3-6,9H,2,7-8H2,1H3,(H,16,20). The summed E-state index contributed by atoms with van der Waals surface area (Å²) in [7, 11) is 0. The molecule has 3 aromatic heterocycles. The van der Waals surface area contributed by atoms with Crippen molar-refractivity contribution in [2.45, 2.75) is 19.9 Å². The lowest BCUT2D eigenvalue weighted by Gasteiger charge is -2.05. The SMILES string of the molecule is CCOc1nccn2c(CNC(=O)Cc3ccsc3)nnc12. The van der Waals surface area contributed by atoms with Crippen molar-refractivity contribution in [2.75, 3.05) is 6.61 Å². The Kier molecular flexibility index (Phi) is 4.29. The van der Waals surface area contributed by atoms with E-state index in [0.29, 0.717) is 36.9 Å². The third-order valence-electron chi connectivity index (χ3n) is 3.03. The summed E-state index contributed by atoms with van der Waals surface area (Å²) in [6, 6.07) is 1.94. The largest absolute Gasteiger partial charge is 0.475 e. The van der Waals surface area contributed by atoms with E-state index in [1.165, 1.54) is 0 Å². The maximum absolute atomic E-state index is 11.9. The number of nitrogens with zero attached hydrogens (tertiary/aromatic N) is 4. The van der Waals surface area contributed by atoms with Crippen LogP contribution in [0.5, 0.6) is 5.88 Å². The predicted octanol–water partition coefficient (Wildman–Crippen LogP) is 1.44. The number of thiophene rings is 1. The zero-order valence-corrected chi connectivity index (χ0v) is 12.8. The fourth-order valence-corrected chi connectivity index (χ4v) is 2.70. The van der Waals surface area contributed by atoms with Gasteiger partial charge in [-0.25, -0.2) is 4.98 Å². The summed E-state index contributed by atoms with van der Waals surface area (Å²) in [5.41, 5.74) is 1.56. The molecule has 0 aliphatic carbocycles. The minimum atomic E-state index is -0.0470. The van der Waals surface area contributed by atoms with Crippen LogP contribution in [0.4, 0.5) is 0 Å². The lowest BCUT2D eigenvalue weighted by molar-refractivity contribution is -0.120. The van der Waals surface area contributed by atoms with Crippen LogP contribution in [0.15, 0.2) is 29.2 Å². The topological polar surface area (TPSA) is 81.4 Å². The van der Waals surface area contributed by atoms with Gasteiger partial charge < -0.3 is 10.1 Å². The Bertz CT molecular complexity index is 769. The van der Waals surface area contributed by atoms with Crippen LogP contribution >= 0.6 is 11.3 Å². The van der Waals surface area contributed by atoms with Gasteiger partial charge in [0.25, 0.3) is 5.88 Å². The van der Waals surface area contributed by atoms with E-state index in [2.05, 4.69) is 20.5 Å². The van der Waals surface area contributed by atoms with Gasteiger partial charge in [-0.1, -0.05) is 0 Å². The Hall–Kier alpha value is -2.48. The summed E-state index contributed by atoms with van der Waals surface area (Å²) in [6.07, 6.45) is 3.74. The minimum absolute atomic E-state index is 0.0470. The van der Waals surface area contributed by atoms with Crippen LogP contribution in [0.2, 0.25) is 0 Å². The summed E-state index contributed by atoms with van der Waals surface area (Å²) in [4.78, 5) is 16.0. The summed E-state index contributed by atoms with van der Waals surface area (Å²) in [5, 5.41) is 14.9. The Labute approximate surface area is 131 Å². The van der Waals surface area contributed by atoms with Crippen LogP contribution in [0, 0.1) is 0 Å². The maximum atomic E-state index is 11.9. The molecule has 0 radical (unpaired) electrons. The highest BCUT2D eigenvalue weighted by Crippen LogP contribution is 2.14. The molecule has 0 bridgehead atoms. The van der Waals surface area contributed by atoms with Gasteiger partial charge in [-0.2, -0.15) is 11.3 Å². The van der Waals surface area contributed by atoms with Crippen LogP contribution in [0.25, 0.3) is 5.65 Å². The predicted molar refractivity (Wildman–Crippen MR) is 81.8 cm³/mol. The van der Waals surface area contributed by atoms with E-state index in [4.69, 9.17) is 4.74 Å². The molecular weight excluding hydrogens is 302 g/mol. The molecule has 0 fully saturated rings. The monoisotopic (exact) mass is 317 g/mol. The lowest BCUT2D eigenvalue weighted by atomic mass is 10.2. The molecule has 0 aliphatic heterocycles. The first-order valence-electron chi connectivity index (χ1n) is 6.87. The quantitative estimate of drug-likeness (QED) is 0.744. The highest BCUT2D eigenvalue weighted by Gasteiger charge is 2.12. The van der Waals surface area contributed by atoms with E-state index in [9.17, 15) is 4.79 Å². The first-order valence-corrected chi connectivity index (χ1v) is 7.81. The van der Waals surface area contributed by atoms with Crippen molar-refractivity contribution < 1.29 is 9.53 Å². The zero-order valence-electron chi connectivity index (χ0n) is 12.0. The van der Waals surface area contributed by atoms with E-state index >= 15 is 0 Å².